The minimum Gasteiger partial charge on any atom is -0.508 e. The fraction of sp³-hybridized carbons (Fsp3) is 0.294. The van der Waals surface area contributed by atoms with Gasteiger partial charge in [0.15, 0.2) is 0 Å². The molecule has 4 nitrogen and oxygen atoms in total. The number of aromatic hydroxyl groups is 2. The van der Waals surface area contributed by atoms with E-state index in [1.165, 1.54) is 6.07 Å². The van der Waals surface area contributed by atoms with Crippen LogP contribution in [-0.4, -0.2) is 33.1 Å². The fourth-order valence-corrected chi connectivity index (χ4v) is 2.60. The molecular weight excluding hydrogens is 268 g/mol. The SMILES string of the molecule is CCc1c(O)cc(O)c(-c2ccccc2)c1CC(O)CO. The summed E-state index contributed by atoms with van der Waals surface area (Å²) in [7, 11) is 0. The van der Waals surface area contributed by atoms with Crippen LogP contribution in [0.2, 0.25) is 0 Å². The fourth-order valence-electron chi connectivity index (χ4n) is 2.60. The Morgan fingerprint density at radius 2 is 1.67 bits per heavy atom. The maximum absolute atomic E-state index is 10.2. The van der Waals surface area contributed by atoms with Crippen LogP contribution in [-0.2, 0) is 12.8 Å². The highest BCUT2D eigenvalue weighted by Gasteiger charge is 2.20. The molecule has 2 aromatic rings. The number of hydrogen-bond donors (Lipinski definition) is 4. The Morgan fingerprint density at radius 3 is 2.24 bits per heavy atom. The third-order valence-electron chi connectivity index (χ3n) is 3.57. The van der Waals surface area contributed by atoms with Crippen molar-refractivity contribution in [3.8, 4) is 22.6 Å². The first-order valence-electron chi connectivity index (χ1n) is 6.99. The van der Waals surface area contributed by atoms with E-state index in [-0.39, 0.29) is 24.5 Å². The van der Waals surface area contributed by atoms with Gasteiger partial charge in [0.25, 0.3) is 0 Å². The molecule has 0 radical (unpaired) electrons. The average Bonchev–Trinajstić information content (AvgIpc) is 2.48. The quantitative estimate of drug-likeness (QED) is 0.680. The minimum absolute atomic E-state index is 0.00909. The average molecular weight is 288 g/mol. The zero-order chi connectivity index (χ0) is 15.4. The lowest BCUT2D eigenvalue weighted by Gasteiger charge is -2.19. The number of benzene rings is 2. The number of hydrogen-bond acceptors (Lipinski definition) is 4. The van der Waals surface area contributed by atoms with Crippen LogP contribution in [0.5, 0.6) is 11.5 Å². The Bertz CT molecular complexity index is 608. The molecule has 0 amide bonds. The maximum Gasteiger partial charge on any atom is 0.127 e. The molecule has 2 rings (SSSR count). The second kappa shape index (κ2) is 6.61. The summed E-state index contributed by atoms with van der Waals surface area (Å²) in [4.78, 5) is 0. The van der Waals surface area contributed by atoms with Crippen LogP contribution in [0.25, 0.3) is 11.1 Å². The van der Waals surface area contributed by atoms with Crippen LogP contribution >= 0.6 is 0 Å². The molecule has 0 aliphatic rings. The molecule has 0 aliphatic heterocycles. The van der Waals surface area contributed by atoms with E-state index in [0.29, 0.717) is 23.1 Å². The van der Waals surface area contributed by atoms with Crippen LogP contribution in [0.4, 0.5) is 0 Å². The molecule has 0 saturated carbocycles. The molecule has 2 aromatic carbocycles. The molecule has 0 bridgehead atoms. The molecule has 4 N–H and O–H groups in total. The molecule has 4 heteroatoms. The molecule has 112 valence electrons. The van der Waals surface area contributed by atoms with Crippen LogP contribution in [0.15, 0.2) is 36.4 Å². The Labute approximate surface area is 123 Å². The van der Waals surface area contributed by atoms with Gasteiger partial charge in [-0.2, -0.15) is 0 Å². The third-order valence-corrected chi connectivity index (χ3v) is 3.57. The molecule has 21 heavy (non-hydrogen) atoms. The summed E-state index contributed by atoms with van der Waals surface area (Å²) < 4.78 is 0. The van der Waals surface area contributed by atoms with Crippen molar-refractivity contribution in [2.24, 2.45) is 0 Å². The van der Waals surface area contributed by atoms with Crippen molar-refractivity contribution in [2.45, 2.75) is 25.9 Å². The largest absolute Gasteiger partial charge is 0.508 e. The smallest absolute Gasteiger partial charge is 0.127 e. The van der Waals surface area contributed by atoms with Crippen LogP contribution in [0.1, 0.15) is 18.1 Å². The topological polar surface area (TPSA) is 80.9 Å². The summed E-state index contributed by atoms with van der Waals surface area (Å²) in [5.74, 6) is -0.0224. The normalized spacial score (nSPS) is 12.3. The van der Waals surface area contributed by atoms with Gasteiger partial charge in [-0.15, -0.1) is 0 Å². The molecular formula is C17H20O4. The van der Waals surface area contributed by atoms with Crippen molar-refractivity contribution < 1.29 is 20.4 Å². The molecule has 0 heterocycles. The molecule has 1 unspecified atom stereocenters. The highest BCUT2D eigenvalue weighted by atomic mass is 16.3. The molecule has 0 aromatic heterocycles. The number of rotatable bonds is 5. The maximum atomic E-state index is 10.2. The molecule has 0 saturated heterocycles. The summed E-state index contributed by atoms with van der Waals surface area (Å²) in [6.45, 7) is 1.53. The Morgan fingerprint density at radius 1 is 1.00 bits per heavy atom. The van der Waals surface area contributed by atoms with Gasteiger partial charge in [0.1, 0.15) is 11.5 Å². The van der Waals surface area contributed by atoms with Gasteiger partial charge in [-0.3, -0.25) is 0 Å². The van der Waals surface area contributed by atoms with Gasteiger partial charge in [0, 0.05) is 18.1 Å². The van der Waals surface area contributed by atoms with Crippen molar-refractivity contribution in [1.82, 2.24) is 0 Å². The van der Waals surface area contributed by atoms with Gasteiger partial charge < -0.3 is 20.4 Å². The van der Waals surface area contributed by atoms with E-state index in [1.54, 1.807) is 0 Å². The molecule has 0 spiro atoms. The van der Waals surface area contributed by atoms with E-state index < -0.39 is 6.10 Å². The number of phenolic OH excluding ortho intramolecular Hbond substituents is 2. The van der Waals surface area contributed by atoms with Gasteiger partial charge in [-0.1, -0.05) is 37.3 Å². The molecule has 1 atom stereocenters. The first kappa shape index (κ1) is 15.4. The lowest BCUT2D eigenvalue weighted by molar-refractivity contribution is 0.0953. The van der Waals surface area contributed by atoms with Crippen molar-refractivity contribution in [3.05, 3.63) is 47.5 Å². The number of aliphatic hydroxyl groups is 2. The van der Waals surface area contributed by atoms with E-state index >= 15 is 0 Å². The monoisotopic (exact) mass is 288 g/mol. The van der Waals surface area contributed by atoms with Crippen molar-refractivity contribution in [3.63, 3.8) is 0 Å². The van der Waals surface area contributed by atoms with E-state index in [0.717, 1.165) is 5.56 Å². The lowest BCUT2D eigenvalue weighted by Crippen LogP contribution is -2.17. The highest BCUT2D eigenvalue weighted by Crippen LogP contribution is 2.40. The standard InChI is InChI=1S/C17H20O4/c1-2-13-14(8-12(19)10-18)17(16(21)9-15(13)20)11-6-4-3-5-7-11/h3-7,9,12,18-21H,2,8,10H2,1H3. The number of aliphatic hydroxyl groups excluding tert-OH is 2. The lowest BCUT2D eigenvalue weighted by atomic mass is 9.89. The van der Waals surface area contributed by atoms with E-state index in [2.05, 4.69) is 0 Å². The van der Waals surface area contributed by atoms with E-state index in [1.807, 2.05) is 37.3 Å². The first-order chi connectivity index (χ1) is 10.1. The van der Waals surface area contributed by atoms with E-state index in [9.17, 15) is 15.3 Å². The van der Waals surface area contributed by atoms with Crippen LogP contribution in [0, 0.1) is 0 Å². The second-order valence-corrected chi connectivity index (χ2v) is 5.01. The van der Waals surface area contributed by atoms with Gasteiger partial charge in [-0.05, 0) is 23.1 Å². The Balaban J connectivity index is 2.67. The summed E-state index contributed by atoms with van der Waals surface area (Å²) in [6.07, 6.45) is -0.190. The zero-order valence-corrected chi connectivity index (χ0v) is 12.0. The Kier molecular flexibility index (Phi) is 4.83. The summed E-state index contributed by atoms with van der Waals surface area (Å²) in [5, 5.41) is 39.1. The van der Waals surface area contributed by atoms with Gasteiger partial charge in [-0.25, -0.2) is 0 Å². The van der Waals surface area contributed by atoms with Crippen molar-refractivity contribution in [2.75, 3.05) is 6.61 Å². The zero-order valence-electron chi connectivity index (χ0n) is 12.0. The molecule has 0 aliphatic carbocycles. The predicted octanol–water partition coefficient (Wildman–Crippen LogP) is 2.22. The third kappa shape index (κ3) is 3.17. The minimum atomic E-state index is -0.932. The predicted molar refractivity (Wildman–Crippen MR) is 81.4 cm³/mol. The van der Waals surface area contributed by atoms with Crippen molar-refractivity contribution >= 4 is 0 Å². The summed E-state index contributed by atoms with van der Waals surface area (Å²) >= 11 is 0. The highest BCUT2D eigenvalue weighted by molar-refractivity contribution is 5.77. The summed E-state index contributed by atoms with van der Waals surface area (Å²) in [5.41, 5.74) is 2.75. The second-order valence-electron chi connectivity index (χ2n) is 5.01. The summed E-state index contributed by atoms with van der Waals surface area (Å²) in [6, 6.07) is 10.7. The van der Waals surface area contributed by atoms with Gasteiger partial charge in [0.2, 0.25) is 0 Å². The van der Waals surface area contributed by atoms with Gasteiger partial charge in [0.05, 0.1) is 12.7 Å². The van der Waals surface area contributed by atoms with Gasteiger partial charge >= 0.3 is 0 Å². The first-order valence-corrected chi connectivity index (χ1v) is 6.99. The van der Waals surface area contributed by atoms with Crippen molar-refractivity contribution in [1.29, 1.82) is 0 Å². The van der Waals surface area contributed by atoms with Crippen LogP contribution in [0.3, 0.4) is 0 Å². The van der Waals surface area contributed by atoms with Crippen LogP contribution < -0.4 is 0 Å². The van der Waals surface area contributed by atoms with E-state index in [4.69, 9.17) is 5.11 Å². The number of phenols is 2. The Hall–Kier alpha value is -2.04. The molecule has 0 fully saturated rings.